The predicted molar refractivity (Wildman–Crippen MR) is 130 cm³/mol. The van der Waals surface area contributed by atoms with Crippen LogP contribution in [-0.2, 0) is 16.6 Å². The van der Waals surface area contributed by atoms with Crippen LogP contribution in [0.3, 0.4) is 0 Å². The van der Waals surface area contributed by atoms with Crippen molar-refractivity contribution in [3.8, 4) is 11.1 Å². The van der Waals surface area contributed by atoms with Gasteiger partial charge in [0.05, 0.1) is 0 Å². The molecule has 1 aliphatic rings. The van der Waals surface area contributed by atoms with E-state index in [0.717, 1.165) is 28.7 Å². The number of hydrogen-bond donors (Lipinski definition) is 3. The van der Waals surface area contributed by atoms with Gasteiger partial charge in [0.1, 0.15) is 18.3 Å². The van der Waals surface area contributed by atoms with Crippen molar-refractivity contribution in [3.05, 3.63) is 71.4 Å². The normalized spacial score (nSPS) is 13.0. The lowest BCUT2D eigenvalue weighted by Gasteiger charge is -2.14. The summed E-state index contributed by atoms with van der Waals surface area (Å²) >= 11 is 0. The van der Waals surface area contributed by atoms with E-state index < -0.39 is 24.0 Å². The topological polar surface area (TPSA) is 123 Å². The quantitative estimate of drug-likeness (QED) is 0.426. The van der Waals surface area contributed by atoms with Gasteiger partial charge in [0.25, 0.3) is 5.91 Å². The van der Waals surface area contributed by atoms with E-state index in [4.69, 9.17) is 4.74 Å². The van der Waals surface area contributed by atoms with Gasteiger partial charge in [-0.05, 0) is 28.7 Å². The number of nitrogens with zero attached hydrogens (tertiary/aromatic N) is 2. The molecule has 4 rings (SSSR count). The molecule has 9 heteroatoms. The second kappa shape index (κ2) is 10.4. The van der Waals surface area contributed by atoms with Crippen LogP contribution in [0, 0.1) is 0 Å². The summed E-state index contributed by atoms with van der Waals surface area (Å²) in [4.78, 5) is 36.5. The number of fused-ring (bicyclic) bond motifs is 3. The molecule has 2 amide bonds. The molecule has 0 aliphatic heterocycles. The Kier molecular flexibility index (Phi) is 7.14. The van der Waals surface area contributed by atoms with Crippen LogP contribution in [0.15, 0.2) is 54.6 Å². The lowest BCUT2D eigenvalue weighted by Crippen LogP contribution is -2.41. The van der Waals surface area contributed by atoms with Crippen LogP contribution in [0.5, 0.6) is 0 Å². The summed E-state index contributed by atoms with van der Waals surface area (Å²) in [6, 6.07) is 16.5. The minimum absolute atomic E-state index is 0.0747. The zero-order chi connectivity index (χ0) is 24.9. The minimum Gasteiger partial charge on any atom is -0.480 e. The van der Waals surface area contributed by atoms with Crippen LogP contribution in [0.4, 0.5) is 10.6 Å². The molecule has 9 nitrogen and oxygen atoms in total. The van der Waals surface area contributed by atoms with Crippen LogP contribution < -0.4 is 10.6 Å². The summed E-state index contributed by atoms with van der Waals surface area (Å²) < 4.78 is 6.80. The van der Waals surface area contributed by atoms with Crippen LogP contribution >= 0.6 is 0 Å². The van der Waals surface area contributed by atoms with Gasteiger partial charge in [-0.15, -0.1) is 0 Å². The first-order chi connectivity index (χ1) is 16.9. The van der Waals surface area contributed by atoms with Gasteiger partial charge >= 0.3 is 12.1 Å². The first kappa shape index (κ1) is 24.0. The molecule has 1 heterocycles. The minimum atomic E-state index is -1.09. The highest BCUT2D eigenvalue weighted by molar-refractivity contribution is 5.96. The Morgan fingerprint density at radius 2 is 1.71 bits per heavy atom. The van der Waals surface area contributed by atoms with E-state index >= 15 is 0 Å². The van der Waals surface area contributed by atoms with Gasteiger partial charge in [-0.3, -0.25) is 14.8 Å². The Bertz CT molecular complexity index is 1210. The van der Waals surface area contributed by atoms with Crippen molar-refractivity contribution in [1.82, 2.24) is 15.1 Å². The van der Waals surface area contributed by atoms with Gasteiger partial charge in [-0.2, -0.15) is 5.10 Å². The summed E-state index contributed by atoms with van der Waals surface area (Å²) in [5.74, 6) is -1.61. The van der Waals surface area contributed by atoms with Gasteiger partial charge in [-0.25, -0.2) is 9.59 Å². The number of unbranched alkanes of at least 4 members (excludes halogenated alkanes) is 1. The highest BCUT2D eigenvalue weighted by atomic mass is 16.5. The number of aryl methyl sites for hydroxylation is 1. The summed E-state index contributed by atoms with van der Waals surface area (Å²) in [5.41, 5.74) is 4.61. The molecule has 0 saturated carbocycles. The fourth-order valence-electron chi connectivity index (χ4n) is 4.38. The number of carboxylic acid groups (broad SMARTS) is 1. The number of hydrogen-bond acceptors (Lipinski definition) is 5. The van der Waals surface area contributed by atoms with E-state index in [0.29, 0.717) is 12.8 Å². The van der Waals surface area contributed by atoms with Crippen LogP contribution in [-0.4, -0.2) is 45.5 Å². The van der Waals surface area contributed by atoms with Crippen LogP contribution in [0.25, 0.3) is 11.1 Å². The SMILES string of the molecule is CCCCC(NC(=O)c1cc(NC(=O)OCC2c3ccccc3-c3ccccc32)nn1C)C(=O)O. The second-order valence-electron chi connectivity index (χ2n) is 8.50. The molecule has 35 heavy (non-hydrogen) atoms. The first-order valence-electron chi connectivity index (χ1n) is 11.6. The molecule has 182 valence electrons. The monoisotopic (exact) mass is 476 g/mol. The molecule has 0 radical (unpaired) electrons. The molecule has 0 fully saturated rings. The lowest BCUT2D eigenvalue weighted by atomic mass is 9.98. The highest BCUT2D eigenvalue weighted by Gasteiger charge is 2.29. The van der Waals surface area contributed by atoms with E-state index in [2.05, 4.69) is 27.9 Å². The lowest BCUT2D eigenvalue weighted by molar-refractivity contribution is -0.139. The third kappa shape index (κ3) is 5.18. The Morgan fingerprint density at radius 1 is 1.09 bits per heavy atom. The Balaban J connectivity index is 1.39. The average molecular weight is 477 g/mol. The average Bonchev–Trinajstić information content (AvgIpc) is 3.37. The molecule has 1 aromatic heterocycles. The first-order valence-corrected chi connectivity index (χ1v) is 11.6. The number of carbonyl (C=O) groups is 3. The molecule has 1 unspecified atom stereocenters. The van der Waals surface area contributed by atoms with Crippen molar-refractivity contribution in [2.45, 2.75) is 38.1 Å². The maximum atomic E-state index is 12.6. The number of nitrogens with one attached hydrogen (secondary N) is 2. The van der Waals surface area contributed by atoms with E-state index in [9.17, 15) is 19.5 Å². The number of amides is 2. The molecular formula is C26H28N4O5. The molecule has 0 bridgehead atoms. The Morgan fingerprint density at radius 3 is 2.31 bits per heavy atom. The summed E-state index contributed by atoms with van der Waals surface area (Å²) in [5, 5.41) is 18.5. The van der Waals surface area contributed by atoms with E-state index in [-0.39, 0.29) is 24.0 Å². The number of ether oxygens (including phenoxy) is 1. The van der Waals surface area contributed by atoms with Crippen molar-refractivity contribution in [2.75, 3.05) is 11.9 Å². The van der Waals surface area contributed by atoms with Crippen LogP contribution in [0.2, 0.25) is 0 Å². The number of aliphatic carboxylic acids is 1. The second-order valence-corrected chi connectivity index (χ2v) is 8.50. The fourth-order valence-corrected chi connectivity index (χ4v) is 4.38. The Labute approximate surface area is 203 Å². The predicted octanol–water partition coefficient (Wildman–Crippen LogP) is 4.15. The standard InChI is InChI=1S/C26H28N4O5/c1-3-4-13-21(25(32)33)27-24(31)22-14-23(29-30(22)2)28-26(34)35-15-20-18-11-7-5-9-16(18)17-10-6-8-12-19(17)20/h5-12,14,20-21H,3-4,13,15H2,1-2H3,(H,27,31)(H,32,33)(H,28,29,34). The maximum Gasteiger partial charge on any atom is 0.412 e. The van der Waals surface area contributed by atoms with E-state index in [1.54, 1.807) is 7.05 Å². The largest absolute Gasteiger partial charge is 0.480 e. The van der Waals surface area contributed by atoms with Crippen molar-refractivity contribution in [2.24, 2.45) is 7.05 Å². The Hall–Kier alpha value is -4.14. The number of aromatic nitrogens is 2. The molecule has 0 saturated heterocycles. The van der Waals surface area contributed by atoms with Crippen molar-refractivity contribution in [3.63, 3.8) is 0 Å². The maximum absolute atomic E-state index is 12.6. The third-order valence-electron chi connectivity index (χ3n) is 6.14. The molecule has 1 aliphatic carbocycles. The molecule has 0 spiro atoms. The van der Waals surface area contributed by atoms with Gasteiger partial charge in [-0.1, -0.05) is 68.3 Å². The van der Waals surface area contributed by atoms with Gasteiger partial charge in [0.15, 0.2) is 5.82 Å². The van der Waals surface area contributed by atoms with E-state index in [1.807, 2.05) is 43.3 Å². The zero-order valence-corrected chi connectivity index (χ0v) is 19.7. The summed E-state index contributed by atoms with van der Waals surface area (Å²) in [7, 11) is 1.54. The number of anilines is 1. The van der Waals surface area contributed by atoms with Crippen LogP contribution in [0.1, 0.15) is 53.7 Å². The molecule has 1 atom stereocenters. The smallest absolute Gasteiger partial charge is 0.412 e. The number of carbonyl (C=O) groups excluding carboxylic acids is 2. The summed E-state index contributed by atoms with van der Waals surface area (Å²) in [6.07, 6.45) is 1.14. The molecular weight excluding hydrogens is 448 g/mol. The zero-order valence-electron chi connectivity index (χ0n) is 19.7. The van der Waals surface area contributed by atoms with Crippen molar-refractivity contribution < 1.29 is 24.2 Å². The van der Waals surface area contributed by atoms with Crippen molar-refractivity contribution >= 4 is 23.8 Å². The van der Waals surface area contributed by atoms with Gasteiger partial charge < -0.3 is 15.2 Å². The van der Waals surface area contributed by atoms with E-state index in [1.165, 1.54) is 10.7 Å². The fraction of sp³-hybridized carbons (Fsp3) is 0.308. The van der Waals surface area contributed by atoms with Gasteiger partial charge in [0.2, 0.25) is 0 Å². The van der Waals surface area contributed by atoms with Crippen molar-refractivity contribution in [1.29, 1.82) is 0 Å². The number of carboxylic acids is 1. The molecule has 2 aromatic carbocycles. The third-order valence-corrected chi connectivity index (χ3v) is 6.14. The summed E-state index contributed by atoms with van der Waals surface area (Å²) in [6.45, 7) is 2.10. The molecule has 3 aromatic rings. The van der Waals surface area contributed by atoms with Gasteiger partial charge in [0, 0.05) is 19.0 Å². The highest BCUT2D eigenvalue weighted by Crippen LogP contribution is 2.44. The number of benzene rings is 2. The number of rotatable bonds is 9. The molecule has 3 N–H and O–H groups in total.